The third kappa shape index (κ3) is 9.58. The van der Waals surface area contributed by atoms with E-state index in [1.807, 2.05) is 0 Å². The van der Waals surface area contributed by atoms with Gasteiger partial charge in [0.05, 0.1) is 0 Å². The molecule has 0 radical (unpaired) electrons. The highest BCUT2D eigenvalue weighted by atomic mass is 32.2. The number of hydrogen-bond acceptors (Lipinski definition) is 3. The summed E-state index contributed by atoms with van der Waals surface area (Å²) in [5, 5.41) is 5.72. The smallest absolute Gasteiger partial charge is 0.216 e. The van der Waals surface area contributed by atoms with Gasteiger partial charge >= 0.3 is 0 Å². The summed E-state index contributed by atoms with van der Waals surface area (Å²) in [6.07, 6.45) is 1.68. The van der Waals surface area contributed by atoms with Gasteiger partial charge in [0.15, 0.2) is 0 Å². The maximum Gasteiger partial charge on any atom is 0.216 e. The lowest BCUT2D eigenvalue weighted by molar-refractivity contribution is -0.118. The fourth-order valence-corrected chi connectivity index (χ4v) is 1.10. The molecule has 4 nitrogen and oxygen atoms in total. The van der Waals surface area contributed by atoms with Crippen LogP contribution >= 0.6 is 0 Å². The van der Waals surface area contributed by atoms with Crippen LogP contribution in [0.1, 0.15) is 6.92 Å². The summed E-state index contributed by atoms with van der Waals surface area (Å²) in [4.78, 5) is 10.4. The molecule has 1 unspecified atom stereocenters. The summed E-state index contributed by atoms with van der Waals surface area (Å²) in [5.74, 6) is 0.649. The van der Waals surface area contributed by atoms with Crippen LogP contribution < -0.4 is 10.6 Å². The second kappa shape index (κ2) is 7.24. The third-order valence-corrected chi connectivity index (χ3v) is 2.02. The minimum absolute atomic E-state index is 0.0177. The Morgan fingerprint density at radius 3 is 2.50 bits per heavy atom. The number of carbonyl (C=O) groups is 1. The molecule has 0 spiro atoms. The highest BCUT2D eigenvalue weighted by Crippen LogP contribution is 1.70. The topological polar surface area (TPSA) is 58.2 Å². The van der Waals surface area contributed by atoms with Gasteiger partial charge in [-0.05, 0) is 0 Å². The van der Waals surface area contributed by atoms with E-state index in [4.69, 9.17) is 0 Å². The molecule has 0 aromatic heterocycles. The average Bonchev–Trinajstić information content (AvgIpc) is 1.95. The van der Waals surface area contributed by atoms with Gasteiger partial charge in [-0.1, -0.05) is 0 Å². The van der Waals surface area contributed by atoms with Gasteiger partial charge in [0.1, 0.15) is 0 Å². The minimum atomic E-state index is -0.730. The molecule has 0 aliphatic rings. The molecular formula is C7H16N2O2S. The Hall–Kier alpha value is -0.420. The molecule has 1 amide bonds. The predicted molar refractivity (Wildman–Crippen MR) is 50.5 cm³/mol. The molecule has 0 saturated carbocycles. The van der Waals surface area contributed by atoms with Crippen LogP contribution in [0, 0.1) is 0 Å². The summed E-state index contributed by atoms with van der Waals surface area (Å²) < 4.78 is 10.6. The van der Waals surface area contributed by atoms with E-state index in [2.05, 4.69) is 10.6 Å². The molecule has 0 fully saturated rings. The van der Waals surface area contributed by atoms with E-state index in [9.17, 15) is 9.00 Å². The zero-order valence-corrected chi connectivity index (χ0v) is 8.37. The second-order valence-corrected chi connectivity index (χ2v) is 4.06. The second-order valence-electron chi connectivity index (χ2n) is 2.51. The summed E-state index contributed by atoms with van der Waals surface area (Å²) in [6.45, 7) is 3.59. The molecule has 0 heterocycles. The van der Waals surface area contributed by atoms with Crippen molar-refractivity contribution in [2.75, 3.05) is 31.6 Å². The van der Waals surface area contributed by atoms with Crippen LogP contribution in [0.3, 0.4) is 0 Å². The van der Waals surface area contributed by atoms with Crippen molar-refractivity contribution in [2.24, 2.45) is 0 Å². The van der Waals surface area contributed by atoms with Crippen LogP contribution in [0.5, 0.6) is 0 Å². The molecule has 12 heavy (non-hydrogen) atoms. The molecule has 0 aromatic carbocycles. The summed E-state index contributed by atoms with van der Waals surface area (Å²) in [5.41, 5.74) is 0. The molecule has 0 aromatic rings. The molecule has 0 aliphatic heterocycles. The van der Waals surface area contributed by atoms with E-state index in [1.54, 1.807) is 6.26 Å². The van der Waals surface area contributed by atoms with Gasteiger partial charge in [-0.25, -0.2) is 0 Å². The molecule has 0 bridgehead atoms. The van der Waals surface area contributed by atoms with Gasteiger partial charge in [-0.3, -0.25) is 9.00 Å². The van der Waals surface area contributed by atoms with Crippen molar-refractivity contribution in [1.82, 2.24) is 10.6 Å². The lowest BCUT2D eigenvalue weighted by Crippen LogP contribution is -2.31. The number of amides is 1. The molecule has 72 valence electrons. The first kappa shape index (κ1) is 11.6. The Kier molecular flexibility index (Phi) is 6.99. The number of hydrogen-bond donors (Lipinski definition) is 2. The van der Waals surface area contributed by atoms with Gasteiger partial charge in [0.25, 0.3) is 0 Å². The molecule has 0 rings (SSSR count). The standard InChI is InChI=1S/C7H16N2O2S/c1-7(10)9-4-3-8-5-6-12(2)11/h8H,3-6H2,1-2H3,(H,9,10). The molecular weight excluding hydrogens is 176 g/mol. The fourth-order valence-electron chi connectivity index (χ4n) is 0.668. The summed E-state index contributed by atoms with van der Waals surface area (Å²) in [7, 11) is -0.730. The zero-order valence-electron chi connectivity index (χ0n) is 7.55. The fraction of sp³-hybridized carbons (Fsp3) is 0.857. The number of rotatable bonds is 6. The highest BCUT2D eigenvalue weighted by Gasteiger charge is 1.91. The minimum Gasteiger partial charge on any atom is -0.355 e. The first-order valence-corrected chi connectivity index (χ1v) is 5.61. The van der Waals surface area contributed by atoms with Gasteiger partial charge in [0, 0.05) is 49.4 Å². The molecule has 2 N–H and O–H groups in total. The maximum atomic E-state index is 10.6. The Bertz CT molecular complexity index is 143. The quantitative estimate of drug-likeness (QED) is 0.536. The van der Waals surface area contributed by atoms with Crippen LogP contribution in [0.4, 0.5) is 0 Å². The summed E-state index contributed by atoms with van der Waals surface area (Å²) >= 11 is 0. The van der Waals surface area contributed by atoms with Crippen LogP contribution in [0.25, 0.3) is 0 Å². The van der Waals surface area contributed by atoms with E-state index in [0.717, 1.165) is 13.1 Å². The highest BCUT2D eigenvalue weighted by molar-refractivity contribution is 7.84. The van der Waals surface area contributed by atoms with E-state index in [1.165, 1.54) is 6.92 Å². The predicted octanol–water partition coefficient (Wildman–Crippen LogP) is -0.909. The van der Waals surface area contributed by atoms with Crippen LogP contribution in [0.2, 0.25) is 0 Å². The Balaban J connectivity index is 3.01. The van der Waals surface area contributed by atoms with E-state index in [-0.39, 0.29) is 5.91 Å². The van der Waals surface area contributed by atoms with Crippen molar-refractivity contribution in [3.05, 3.63) is 0 Å². The Morgan fingerprint density at radius 2 is 2.00 bits per heavy atom. The Morgan fingerprint density at radius 1 is 1.33 bits per heavy atom. The largest absolute Gasteiger partial charge is 0.355 e. The van der Waals surface area contributed by atoms with Crippen LogP contribution in [-0.4, -0.2) is 41.8 Å². The average molecular weight is 192 g/mol. The third-order valence-electron chi connectivity index (χ3n) is 1.24. The summed E-state index contributed by atoms with van der Waals surface area (Å²) in [6, 6.07) is 0. The molecule has 1 atom stereocenters. The van der Waals surface area contributed by atoms with Gasteiger partial charge in [-0.2, -0.15) is 0 Å². The maximum absolute atomic E-state index is 10.6. The van der Waals surface area contributed by atoms with E-state index < -0.39 is 10.8 Å². The van der Waals surface area contributed by atoms with Gasteiger partial charge < -0.3 is 10.6 Å². The van der Waals surface area contributed by atoms with Gasteiger partial charge in [-0.15, -0.1) is 0 Å². The van der Waals surface area contributed by atoms with E-state index in [0.29, 0.717) is 12.3 Å². The molecule has 0 aliphatic carbocycles. The van der Waals surface area contributed by atoms with E-state index >= 15 is 0 Å². The Labute approximate surface area is 75.6 Å². The van der Waals surface area contributed by atoms with Crippen molar-refractivity contribution in [3.63, 3.8) is 0 Å². The van der Waals surface area contributed by atoms with Crippen LogP contribution in [0.15, 0.2) is 0 Å². The van der Waals surface area contributed by atoms with Gasteiger partial charge in [0.2, 0.25) is 5.91 Å². The first-order valence-electron chi connectivity index (χ1n) is 3.88. The van der Waals surface area contributed by atoms with Crippen molar-refractivity contribution in [2.45, 2.75) is 6.92 Å². The monoisotopic (exact) mass is 192 g/mol. The normalized spacial score (nSPS) is 12.5. The molecule has 0 saturated heterocycles. The number of nitrogens with one attached hydrogen (secondary N) is 2. The lowest BCUT2D eigenvalue weighted by Gasteiger charge is -2.03. The SMILES string of the molecule is CC(=O)NCCNCCS(C)=O. The van der Waals surface area contributed by atoms with Crippen molar-refractivity contribution < 1.29 is 9.00 Å². The zero-order chi connectivity index (χ0) is 9.40. The molecule has 5 heteroatoms. The lowest BCUT2D eigenvalue weighted by atomic mass is 10.5. The van der Waals surface area contributed by atoms with Crippen molar-refractivity contribution >= 4 is 16.7 Å². The number of carbonyl (C=O) groups excluding carboxylic acids is 1. The van der Waals surface area contributed by atoms with Crippen LogP contribution in [-0.2, 0) is 15.6 Å². The van der Waals surface area contributed by atoms with Crippen molar-refractivity contribution in [3.8, 4) is 0 Å². The first-order chi connectivity index (χ1) is 5.63. The van der Waals surface area contributed by atoms with Crippen molar-refractivity contribution in [1.29, 1.82) is 0 Å².